The van der Waals surface area contributed by atoms with Crippen LogP contribution in [-0.4, -0.2) is 21.0 Å². The molecule has 0 fully saturated rings. The van der Waals surface area contributed by atoms with E-state index in [1.54, 1.807) is 6.07 Å². The Labute approximate surface area is 90.8 Å². The standard InChI is InChI=1S/C11H9FN2O2/c12-8-1-2-9-7(5-8)6-13-10(14-9)3-4-11(15)16/h1-2,5-6H,3-4H2,(H,15,16). The van der Waals surface area contributed by atoms with Crippen LogP contribution in [0.5, 0.6) is 0 Å². The van der Waals surface area contributed by atoms with Gasteiger partial charge in [0.2, 0.25) is 0 Å². The molecule has 1 N–H and O–H groups in total. The Balaban J connectivity index is 2.30. The summed E-state index contributed by atoms with van der Waals surface area (Å²) < 4.78 is 12.9. The van der Waals surface area contributed by atoms with Crippen molar-refractivity contribution in [2.75, 3.05) is 0 Å². The Morgan fingerprint density at radius 2 is 2.25 bits per heavy atom. The second-order valence-electron chi connectivity index (χ2n) is 3.38. The van der Waals surface area contributed by atoms with Crippen LogP contribution >= 0.6 is 0 Å². The Hall–Kier alpha value is -2.04. The highest BCUT2D eigenvalue weighted by molar-refractivity contribution is 5.77. The summed E-state index contributed by atoms with van der Waals surface area (Å²) in [6, 6.07) is 4.21. The number of aliphatic carboxylic acids is 1. The first-order chi connectivity index (χ1) is 7.65. The van der Waals surface area contributed by atoms with Gasteiger partial charge >= 0.3 is 5.97 Å². The molecular weight excluding hydrogens is 211 g/mol. The number of nitrogens with zero attached hydrogens (tertiary/aromatic N) is 2. The number of hydrogen-bond donors (Lipinski definition) is 1. The van der Waals surface area contributed by atoms with Gasteiger partial charge in [-0.05, 0) is 18.2 Å². The van der Waals surface area contributed by atoms with Crippen molar-refractivity contribution in [1.82, 2.24) is 9.97 Å². The van der Waals surface area contributed by atoms with Crippen LogP contribution in [-0.2, 0) is 11.2 Å². The van der Waals surface area contributed by atoms with Crippen molar-refractivity contribution < 1.29 is 14.3 Å². The van der Waals surface area contributed by atoms with Gasteiger partial charge in [0.05, 0.1) is 11.9 Å². The van der Waals surface area contributed by atoms with Gasteiger partial charge in [-0.2, -0.15) is 0 Å². The third-order valence-electron chi connectivity index (χ3n) is 2.15. The zero-order valence-corrected chi connectivity index (χ0v) is 8.35. The Morgan fingerprint density at radius 3 is 3.00 bits per heavy atom. The highest BCUT2D eigenvalue weighted by Crippen LogP contribution is 2.12. The molecule has 0 aliphatic rings. The van der Waals surface area contributed by atoms with Crippen LogP contribution in [0.2, 0.25) is 0 Å². The molecule has 16 heavy (non-hydrogen) atoms. The van der Waals surface area contributed by atoms with E-state index in [0.717, 1.165) is 0 Å². The second kappa shape index (κ2) is 4.22. The molecule has 0 saturated heterocycles. The molecule has 0 atom stereocenters. The predicted molar refractivity (Wildman–Crippen MR) is 55.5 cm³/mol. The van der Waals surface area contributed by atoms with Crippen LogP contribution in [0.1, 0.15) is 12.2 Å². The van der Waals surface area contributed by atoms with E-state index in [1.807, 2.05) is 0 Å². The molecule has 0 bridgehead atoms. The number of aromatic nitrogens is 2. The Morgan fingerprint density at radius 1 is 1.44 bits per heavy atom. The summed E-state index contributed by atoms with van der Waals surface area (Å²) in [7, 11) is 0. The zero-order chi connectivity index (χ0) is 11.5. The van der Waals surface area contributed by atoms with Crippen LogP contribution in [0.3, 0.4) is 0 Å². The highest BCUT2D eigenvalue weighted by atomic mass is 19.1. The average molecular weight is 220 g/mol. The molecule has 0 aliphatic carbocycles. The van der Waals surface area contributed by atoms with Crippen LogP contribution in [0.15, 0.2) is 24.4 Å². The number of rotatable bonds is 3. The van der Waals surface area contributed by atoms with E-state index in [4.69, 9.17) is 5.11 Å². The molecule has 0 spiro atoms. The molecule has 0 aliphatic heterocycles. The van der Waals surface area contributed by atoms with Gasteiger partial charge in [-0.15, -0.1) is 0 Å². The van der Waals surface area contributed by atoms with Crippen LogP contribution < -0.4 is 0 Å². The number of benzene rings is 1. The average Bonchev–Trinajstić information content (AvgIpc) is 2.26. The molecule has 1 aromatic carbocycles. The van der Waals surface area contributed by atoms with E-state index in [-0.39, 0.29) is 18.7 Å². The lowest BCUT2D eigenvalue weighted by Gasteiger charge is -2.00. The van der Waals surface area contributed by atoms with Crippen molar-refractivity contribution in [3.63, 3.8) is 0 Å². The summed E-state index contributed by atoms with van der Waals surface area (Å²) in [5.41, 5.74) is 0.622. The summed E-state index contributed by atoms with van der Waals surface area (Å²) in [6.07, 6.45) is 1.78. The maximum Gasteiger partial charge on any atom is 0.303 e. The first kappa shape index (κ1) is 10.5. The third-order valence-corrected chi connectivity index (χ3v) is 2.15. The molecular formula is C11H9FN2O2. The smallest absolute Gasteiger partial charge is 0.303 e. The summed E-state index contributed by atoms with van der Waals surface area (Å²) in [4.78, 5) is 18.5. The van der Waals surface area contributed by atoms with Crippen LogP contribution in [0, 0.1) is 5.82 Å². The lowest BCUT2D eigenvalue weighted by molar-refractivity contribution is -0.137. The number of carbonyl (C=O) groups is 1. The van der Waals surface area contributed by atoms with Gasteiger partial charge in [0.15, 0.2) is 0 Å². The fraction of sp³-hybridized carbons (Fsp3) is 0.182. The molecule has 5 heteroatoms. The van der Waals surface area contributed by atoms with E-state index in [1.165, 1.54) is 18.3 Å². The monoisotopic (exact) mass is 220 g/mol. The van der Waals surface area contributed by atoms with Gasteiger partial charge in [-0.25, -0.2) is 14.4 Å². The minimum absolute atomic E-state index is 0.00724. The topological polar surface area (TPSA) is 63.1 Å². The predicted octanol–water partition coefficient (Wildman–Crippen LogP) is 1.79. The number of carboxylic acids is 1. The molecule has 82 valence electrons. The van der Waals surface area contributed by atoms with Crippen LogP contribution in [0.25, 0.3) is 10.9 Å². The normalized spacial score (nSPS) is 10.6. The number of halogens is 1. The van der Waals surface area contributed by atoms with Gasteiger partial charge in [0.1, 0.15) is 11.6 Å². The first-order valence-corrected chi connectivity index (χ1v) is 4.78. The first-order valence-electron chi connectivity index (χ1n) is 4.78. The van der Waals surface area contributed by atoms with E-state index >= 15 is 0 Å². The summed E-state index contributed by atoms with van der Waals surface area (Å²) in [5.74, 6) is -0.765. The van der Waals surface area contributed by atoms with E-state index in [0.29, 0.717) is 16.7 Å². The highest BCUT2D eigenvalue weighted by Gasteiger charge is 2.03. The Kier molecular flexibility index (Phi) is 2.76. The minimum Gasteiger partial charge on any atom is -0.481 e. The number of aryl methyl sites for hydroxylation is 1. The fourth-order valence-corrected chi connectivity index (χ4v) is 1.38. The fourth-order valence-electron chi connectivity index (χ4n) is 1.38. The van der Waals surface area contributed by atoms with Crippen molar-refractivity contribution in [2.24, 2.45) is 0 Å². The van der Waals surface area contributed by atoms with Crippen molar-refractivity contribution in [3.05, 3.63) is 36.0 Å². The zero-order valence-electron chi connectivity index (χ0n) is 8.35. The molecule has 1 aromatic heterocycles. The third kappa shape index (κ3) is 2.31. The molecule has 1 heterocycles. The molecule has 0 saturated carbocycles. The number of carboxylic acid groups (broad SMARTS) is 1. The van der Waals surface area contributed by atoms with Gasteiger partial charge in [0, 0.05) is 18.0 Å². The summed E-state index contributed by atoms with van der Waals surface area (Å²) in [5, 5.41) is 9.13. The minimum atomic E-state index is -0.886. The lowest BCUT2D eigenvalue weighted by Crippen LogP contribution is -2.01. The van der Waals surface area contributed by atoms with Gasteiger partial charge < -0.3 is 5.11 Å². The van der Waals surface area contributed by atoms with Gasteiger partial charge in [-0.1, -0.05) is 0 Å². The number of hydrogen-bond acceptors (Lipinski definition) is 3. The second-order valence-corrected chi connectivity index (χ2v) is 3.38. The quantitative estimate of drug-likeness (QED) is 0.856. The molecule has 0 radical (unpaired) electrons. The van der Waals surface area contributed by atoms with Crippen molar-refractivity contribution in [3.8, 4) is 0 Å². The largest absolute Gasteiger partial charge is 0.481 e. The van der Waals surface area contributed by atoms with Gasteiger partial charge in [-0.3, -0.25) is 4.79 Å². The van der Waals surface area contributed by atoms with Crippen molar-refractivity contribution >= 4 is 16.9 Å². The van der Waals surface area contributed by atoms with E-state index in [9.17, 15) is 9.18 Å². The molecule has 2 rings (SSSR count). The maximum absolute atomic E-state index is 12.9. The maximum atomic E-state index is 12.9. The van der Waals surface area contributed by atoms with Crippen LogP contribution in [0.4, 0.5) is 4.39 Å². The van der Waals surface area contributed by atoms with E-state index < -0.39 is 5.97 Å². The Bertz CT molecular complexity index is 542. The molecule has 0 unspecified atom stereocenters. The summed E-state index contributed by atoms with van der Waals surface area (Å²) >= 11 is 0. The SMILES string of the molecule is O=C(O)CCc1ncc2cc(F)ccc2n1. The number of fused-ring (bicyclic) bond motifs is 1. The van der Waals surface area contributed by atoms with E-state index in [2.05, 4.69) is 9.97 Å². The van der Waals surface area contributed by atoms with Crippen molar-refractivity contribution in [1.29, 1.82) is 0 Å². The molecule has 4 nitrogen and oxygen atoms in total. The molecule has 2 aromatic rings. The molecule has 0 amide bonds. The van der Waals surface area contributed by atoms with Crippen molar-refractivity contribution in [2.45, 2.75) is 12.8 Å². The lowest BCUT2D eigenvalue weighted by atomic mass is 10.2. The summed E-state index contributed by atoms with van der Waals surface area (Å²) in [6.45, 7) is 0. The van der Waals surface area contributed by atoms with Gasteiger partial charge in [0.25, 0.3) is 0 Å².